The molecule has 21 heavy (non-hydrogen) atoms. The molecule has 5 nitrogen and oxygen atoms in total. The van der Waals surface area contributed by atoms with E-state index >= 15 is 0 Å². The van der Waals surface area contributed by atoms with E-state index in [2.05, 4.69) is 10.3 Å². The fraction of sp³-hybridized carbons (Fsp3) is 0.375. The third-order valence-electron chi connectivity index (χ3n) is 4.24. The maximum absolute atomic E-state index is 12.4. The largest absolute Gasteiger partial charge is 0.481 e. The zero-order valence-corrected chi connectivity index (χ0v) is 11.6. The number of amides is 1. The van der Waals surface area contributed by atoms with Crippen LogP contribution < -0.4 is 5.32 Å². The van der Waals surface area contributed by atoms with E-state index in [4.69, 9.17) is 0 Å². The van der Waals surface area contributed by atoms with Crippen LogP contribution in [0.2, 0.25) is 0 Å². The second-order valence-corrected chi connectivity index (χ2v) is 5.60. The number of anilines is 1. The summed E-state index contributed by atoms with van der Waals surface area (Å²) >= 11 is 0. The number of benzene rings is 1. The van der Waals surface area contributed by atoms with Crippen molar-refractivity contribution in [2.45, 2.75) is 25.7 Å². The van der Waals surface area contributed by atoms with Crippen molar-refractivity contribution >= 4 is 28.5 Å². The summed E-state index contributed by atoms with van der Waals surface area (Å²) in [6.45, 7) is 0. The second-order valence-electron chi connectivity index (χ2n) is 5.60. The number of aliphatic carboxylic acids is 1. The Hall–Kier alpha value is -2.30. The van der Waals surface area contributed by atoms with Crippen LogP contribution in [0.1, 0.15) is 25.7 Å². The highest BCUT2D eigenvalue weighted by Crippen LogP contribution is 2.31. The summed E-state index contributed by atoms with van der Waals surface area (Å²) in [5, 5.41) is 13.1. The van der Waals surface area contributed by atoms with Crippen molar-refractivity contribution < 1.29 is 14.7 Å². The van der Waals surface area contributed by atoms with Gasteiger partial charge in [-0.25, -0.2) is 0 Å². The number of aromatic amines is 1. The lowest BCUT2D eigenvalue weighted by Crippen LogP contribution is -2.36. The molecule has 2 atom stereocenters. The quantitative estimate of drug-likeness (QED) is 0.811. The van der Waals surface area contributed by atoms with Crippen LogP contribution in [0, 0.1) is 11.8 Å². The van der Waals surface area contributed by atoms with Crippen molar-refractivity contribution in [3.63, 3.8) is 0 Å². The van der Waals surface area contributed by atoms with Crippen molar-refractivity contribution in [1.29, 1.82) is 0 Å². The van der Waals surface area contributed by atoms with Gasteiger partial charge in [-0.3, -0.25) is 9.59 Å². The maximum Gasteiger partial charge on any atom is 0.307 e. The highest BCUT2D eigenvalue weighted by molar-refractivity contribution is 5.97. The smallest absolute Gasteiger partial charge is 0.307 e. The van der Waals surface area contributed by atoms with Crippen molar-refractivity contribution in [3.05, 3.63) is 30.5 Å². The lowest BCUT2D eigenvalue weighted by Gasteiger charge is -2.27. The predicted octanol–water partition coefficient (Wildman–Crippen LogP) is 3.00. The van der Waals surface area contributed by atoms with E-state index in [9.17, 15) is 14.7 Å². The molecule has 3 rings (SSSR count). The molecule has 0 bridgehead atoms. The fourth-order valence-corrected chi connectivity index (χ4v) is 3.11. The van der Waals surface area contributed by atoms with Gasteiger partial charge in [-0.2, -0.15) is 0 Å². The standard InChI is InChI=1S/C16H18N2O3/c19-15(12-3-1-2-4-13(12)16(20)21)18-11-5-6-14-10(9-11)7-8-17-14/h5-9,12-13,17H,1-4H2,(H,18,19)(H,20,21)/t12-,13+/m1/s1. The first-order chi connectivity index (χ1) is 10.1. The minimum Gasteiger partial charge on any atom is -0.481 e. The Morgan fingerprint density at radius 2 is 1.90 bits per heavy atom. The Kier molecular flexibility index (Phi) is 3.64. The second kappa shape index (κ2) is 5.60. The van der Waals surface area contributed by atoms with Crippen molar-refractivity contribution in [2.75, 3.05) is 5.32 Å². The van der Waals surface area contributed by atoms with E-state index in [-0.39, 0.29) is 5.91 Å². The van der Waals surface area contributed by atoms with Crippen LogP contribution in [-0.2, 0) is 9.59 Å². The van der Waals surface area contributed by atoms with Gasteiger partial charge in [-0.15, -0.1) is 0 Å². The van der Waals surface area contributed by atoms with Gasteiger partial charge in [0.2, 0.25) is 5.91 Å². The average molecular weight is 286 g/mol. The number of nitrogens with one attached hydrogen (secondary N) is 2. The van der Waals surface area contributed by atoms with Crippen LogP contribution in [0.5, 0.6) is 0 Å². The van der Waals surface area contributed by atoms with Crippen molar-refractivity contribution in [3.8, 4) is 0 Å². The van der Waals surface area contributed by atoms with E-state index in [0.29, 0.717) is 18.5 Å². The summed E-state index contributed by atoms with van der Waals surface area (Å²) in [4.78, 5) is 26.7. The third kappa shape index (κ3) is 2.77. The predicted molar refractivity (Wildman–Crippen MR) is 80.0 cm³/mol. The van der Waals surface area contributed by atoms with Gasteiger partial charge in [0.1, 0.15) is 0 Å². The lowest BCUT2D eigenvalue weighted by molar-refractivity contribution is -0.147. The van der Waals surface area contributed by atoms with E-state index in [0.717, 1.165) is 23.7 Å². The number of aromatic nitrogens is 1. The van der Waals surface area contributed by atoms with Gasteiger partial charge in [0.25, 0.3) is 0 Å². The van der Waals surface area contributed by atoms with E-state index in [1.807, 2.05) is 30.5 Å². The number of carboxylic acid groups (broad SMARTS) is 1. The summed E-state index contributed by atoms with van der Waals surface area (Å²) < 4.78 is 0. The van der Waals surface area contributed by atoms with Crippen molar-refractivity contribution in [1.82, 2.24) is 4.98 Å². The summed E-state index contributed by atoms with van der Waals surface area (Å²) in [5.41, 5.74) is 1.72. The summed E-state index contributed by atoms with van der Waals surface area (Å²) in [7, 11) is 0. The Morgan fingerprint density at radius 3 is 2.67 bits per heavy atom. The molecule has 0 unspecified atom stereocenters. The molecule has 0 spiro atoms. The van der Waals surface area contributed by atoms with Crippen LogP contribution in [0.25, 0.3) is 10.9 Å². The number of H-pyrrole nitrogens is 1. The van der Waals surface area contributed by atoms with Crippen LogP contribution in [0.3, 0.4) is 0 Å². The first kappa shape index (κ1) is 13.7. The molecule has 1 aromatic heterocycles. The minimum absolute atomic E-state index is 0.183. The third-order valence-corrected chi connectivity index (χ3v) is 4.24. The Bertz CT molecular complexity index is 677. The molecule has 1 aromatic carbocycles. The number of carbonyl (C=O) groups excluding carboxylic acids is 1. The minimum atomic E-state index is -0.865. The van der Waals surface area contributed by atoms with Crippen LogP contribution in [0.15, 0.2) is 30.5 Å². The van der Waals surface area contributed by atoms with Gasteiger partial charge >= 0.3 is 5.97 Å². The van der Waals surface area contributed by atoms with Crippen LogP contribution >= 0.6 is 0 Å². The van der Waals surface area contributed by atoms with Gasteiger partial charge < -0.3 is 15.4 Å². The van der Waals surface area contributed by atoms with Gasteiger partial charge in [-0.1, -0.05) is 12.8 Å². The zero-order chi connectivity index (χ0) is 14.8. The van der Waals surface area contributed by atoms with Gasteiger partial charge in [-0.05, 0) is 37.1 Å². The SMILES string of the molecule is O=C(O)[C@H]1CCCC[C@H]1C(=O)Nc1ccc2[nH]ccc2c1. The van der Waals surface area contributed by atoms with Gasteiger partial charge in [0.05, 0.1) is 11.8 Å². The maximum atomic E-state index is 12.4. The first-order valence-corrected chi connectivity index (χ1v) is 7.26. The van der Waals surface area contributed by atoms with Gasteiger partial charge in [0.15, 0.2) is 0 Å². The van der Waals surface area contributed by atoms with Crippen molar-refractivity contribution in [2.24, 2.45) is 11.8 Å². The molecule has 5 heteroatoms. The lowest BCUT2D eigenvalue weighted by atomic mass is 9.78. The Balaban J connectivity index is 1.76. The molecule has 0 saturated heterocycles. The molecule has 3 N–H and O–H groups in total. The molecule has 1 aliphatic carbocycles. The molecule has 1 amide bonds. The molecule has 1 saturated carbocycles. The first-order valence-electron chi connectivity index (χ1n) is 7.26. The molecule has 1 aliphatic rings. The fourth-order valence-electron chi connectivity index (χ4n) is 3.11. The molecule has 110 valence electrons. The molecule has 0 radical (unpaired) electrons. The molecule has 2 aromatic rings. The normalized spacial score (nSPS) is 22.1. The number of hydrogen-bond donors (Lipinski definition) is 3. The summed E-state index contributed by atoms with van der Waals surface area (Å²) in [6.07, 6.45) is 4.88. The number of carbonyl (C=O) groups is 2. The van der Waals surface area contributed by atoms with E-state index in [1.54, 1.807) is 0 Å². The summed E-state index contributed by atoms with van der Waals surface area (Å²) in [5.74, 6) is -2.04. The monoisotopic (exact) mass is 286 g/mol. The van der Waals surface area contributed by atoms with E-state index in [1.165, 1.54) is 0 Å². The number of rotatable bonds is 3. The highest BCUT2D eigenvalue weighted by atomic mass is 16.4. The topological polar surface area (TPSA) is 82.2 Å². The number of fused-ring (bicyclic) bond motifs is 1. The molecule has 1 fully saturated rings. The van der Waals surface area contributed by atoms with E-state index < -0.39 is 17.8 Å². The number of carboxylic acids is 1. The molecule has 1 heterocycles. The summed E-state index contributed by atoms with van der Waals surface area (Å²) in [6, 6.07) is 7.56. The Morgan fingerprint density at radius 1 is 1.14 bits per heavy atom. The molecular formula is C16H18N2O3. The van der Waals surface area contributed by atoms with Gasteiger partial charge in [0, 0.05) is 22.8 Å². The molecular weight excluding hydrogens is 268 g/mol. The zero-order valence-electron chi connectivity index (χ0n) is 11.6. The van der Waals surface area contributed by atoms with Crippen LogP contribution in [-0.4, -0.2) is 22.0 Å². The van der Waals surface area contributed by atoms with Crippen LogP contribution in [0.4, 0.5) is 5.69 Å². The Labute approximate surface area is 122 Å². The number of hydrogen-bond acceptors (Lipinski definition) is 2. The molecule has 0 aliphatic heterocycles. The average Bonchev–Trinajstić information content (AvgIpc) is 2.94. The highest BCUT2D eigenvalue weighted by Gasteiger charge is 2.35.